The van der Waals surface area contributed by atoms with Gasteiger partial charge in [0.2, 0.25) is 0 Å². The van der Waals surface area contributed by atoms with E-state index in [1.54, 1.807) is 10.7 Å². The van der Waals surface area contributed by atoms with Gasteiger partial charge < -0.3 is 0 Å². The van der Waals surface area contributed by atoms with Gasteiger partial charge in [-0.25, -0.2) is 4.98 Å². The van der Waals surface area contributed by atoms with E-state index in [9.17, 15) is 0 Å². The molecule has 0 amide bonds. The molecule has 0 N–H and O–H groups in total. The molecule has 2 aromatic heterocycles. The second kappa shape index (κ2) is 2.81. The fourth-order valence-electron chi connectivity index (χ4n) is 1.72. The van der Waals surface area contributed by atoms with E-state index in [-0.39, 0.29) is 0 Å². The maximum absolute atomic E-state index is 8.78. The van der Waals surface area contributed by atoms with Gasteiger partial charge in [-0.3, -0.25) is 4.68 Å². The molecule has 0 spiro atoms. The summed E-state index contributed by atoms with van der Waals surface area (Å²) in [4.78, 5) is 4.21. The summed E-state index contributed by atoms with van der Waals surface area (Å²) in [6, 6.07) is 3.83. The van der Waals surface area contributed by atoms with E-state index in [2.05, 4.69) is 10.1 Å². The minimum absolute atomic E-state index is 0.443. The molecule has 2 rings (SSSR count). The number of hydrogen-bond donors (Lipinski definition) is 0. The molecule has 0 aromatic carbocycles. The van der Waals surface area contributed by atoms with E-state index in [1.807, 2.05) is 27.0 Å². The molecular formula is C10H10N4. The maximum Gasteiger partial charge on any atom is 0.159 e. The smallest absolute Gasteiger partial charge is 0.159 e. The van der Waals surface area contributed by atoms with Crippen LogP contribution in [0.3, 0.4) is 0 Å². The molecule has 0 radical (unpaired) electrons. The van der Waals surface area contributed by atoms with Gasteiger partial charge >= 0.3 is 0 Å². The largest absolute Gasteiger partial charge is 0.250 e. The van der Waals surface area contributed by atoms with Crippen LogP contribution < -0.4 is 0 Å². The van der Waals surface area contributed by atoms with E-state index in [4.69, 9.17) is 5.26 Å². The first kappa shape index (κ1) is 8.70. The monoisotopic (exact) mass is 186 g/mol. The zero-order valence-corrected chi connectivity index (χ0v) is 8.37. The van der Waals surface area contributed by atoms with Crippen LogP contribution in [0.1, 0.15) is 17.0 Å². The van der Waals surface area contributed by atoms with Crippen molar-refractivity contribution in [3.05, 3.63) is 23.0 Å². The Hall–Kier alpha value is -1.89. The normalized spacial score (nSPS) is 10.4. The van der Waals surface area contributed by atoms with E-state index < -0.39 is 0 Å². The van der Waals surface area contributed by atoms with Crippen LogP contribution in [-0.2, 0) is 7.05 Å². The first-order valence-electron chi connectivity index (χ1n) is 4.34. The van der Waals surface area contributed by atoms with Gasteiger partial charge in [-0.15, -0.1) is 0 Å². The van der Waals surface area contributed by atoms with Gasteiger partial charge in [0.15, 0.2) is 5.65 Å². The second-order valence-corrected chi connectivity index (χ2v) is 3.34. The van der Waals surface area contributed by atoms with Crippen LogP contribution in [0.4, 0.5) is 0 Å². The van der Waals surface area contributed by atoms with Crippen LogP contribution in [0.5, 0.6) is 0 Å². The number of rotatable bonds is 0. The molecule has 0 aliphatic rings. The molecule has 14 heavy (non-hydrogen) atoms. The average molecular weight is 186 g/mol. The van der Waals surface area contributed by atoms with Crippen LogP contribution in [0.15, 0.2) is 6.07 Å². The molecule has 0 saturated heterocycles. The molecule has 2 heterocycles. The highest BCUT2D eigenvalue weighted by Crippen LogP contribution is 2.20. The third-order valence-electron chi connectivity index (χ3n) is 2.28. The van der Waals surface area contributed by atoms with E-state index in [0.29, 0.717) is 5.69 Å². The molecule has 70 valence electrons. The van der Waals surface area contributed by atoms with Crippen molar-refractivity contribution in [1.82, 2.24) is 14.8 Å². The maximum atomic E-state index is 8.78. The lowest BCUT2D eigenvalue weighted by molar-refractivity contribution is 0.773. The Balaban J connectivity index is 2.94. The van der Waals surface area contributed by atoms with Gasteiger partial charge in [0.25, 0.3) is 0 Å². The van der Waals surface area contributed by atoms with Gasteiger partial charge in [0.05, 0.1) is 5.69 Å². The zero-order chi connectivity index (χ0) is 10.3. The number of pyridine rings is 1. The number of aromatic nitrogens is 3. The van der Waals surface area contributed by atoms with E-state index in [1.165, 1.54) is 0 Å². The molecule has 0 fully saturated rings. The fraction of sp³-hybridized carbons (Fsp3) is 0.300. The molecule has 0 aliphatic carbocycles. The SMILES string of the molecule is Cc1cc(C#N)nc2c1c(C)nn2C. The Labute approximate surface area is 81.8 Å². The molecular weight excluding hydrogens is 176 g/mol. The van der Waals surface area contributed by atoms with E-state index in [0.717, 1.165) is 22.3 Å². The second-order valence-electron chi connectivity index (χ2n) is 3.34. The standard InChI is InChI=1S/C10H10N4/c1-6-4-8(5-11)12-10-9(6)7(2)13-14(10)3/h4H,1-3H3. The van der Waals surface area contributed by atoms with Crippen molar-refractivity contribution in [1.29, 1.82) is 5.26 Å². The first-order chi connectivity index (χ1) is 6.63. The van der Waals surface area contributed by atoms with Crippen LogP contribution in [-0.4, -0.2) is 14.8 Å². The summed E-state index contributed by atoms with van der Waals surface area (Å²) in [5.74, 6) is 0. The first-order valence-corrected chi connectivity index (χ1v) is 4.34. The Morgan fingerprint density at radius 1 is 1.43 bits per heavy atom. The van der Waals surface area contributed by atoms with E-state index >= 15 is 0 Å². The highest BCUT2D eigenvalue weighted by atomic mass is 15.3. The summed E-state index contributed by atoms with van der Waals surface area (Å²) in [5.41, 5.74) is 3.23. The van der Waals surface area contributed by atoms with Crippen molar-refractivity contribution in [3.63, 3.8) is 0 Å². The topological polar surface area (TPSA) is 54.5 Å². The highest BCUT2D eigenvalue weighted by molar-refractivity contribution is 5.82. The number of nitriles is 1. The highest BCUT2D eigenvalue weighted by Gasteiger charge is 2.10. The lowest BCUT2D eigenvalue weighted by atomic mass is 10.1. The lowest BCUT2D eigenvalue weighted by Gasteiger charge is -1.97. The van der Waals surface area contributed by atoms with Crippen molar-refractivity contribution < 1.29 is 0 Å². The Morgan fingerprint density at radius 3 is 2.79 bits per heavy atom. The fourth-order valence-corrected chi connectivity index (χ4v) is 1.72. The van der Waals surface area contributed by atoms with Crippen molar-refractivity contribution in [2.75, 3.05) is 0 Å². The number of aryl methyl sites for hydroxylation is 3. The third kappa shape index (κ3) is 1.06. The van der Waals surface area contributed by atoms with Gasteiger partial charge in [0, 0.05) is 12.4 Å². The number of fused-ring (bicyclic) bond motifs is 1. The quantitative estimate of drug-likeness (QED) is 0.625. The molecule has 4 heteroatoms. The van der Waals surface area contributed by atoms with Gasteiger partial charge in [0.1, 0.15) is 11.8 Å². The molecule has 0 aliphatic heterocycles. The predicted molar refractivity (Wildman–Crippen MR) is 52.7 cm³/mol. The minimum Gasteiger partial charge on any atom is -0.250 e. The molecule has 2 aromatic rings. The van der Waals surface area contributed by atoms with Gasteiger partial charge in [-0.05, 0) is 25.5 Å². The Bertz CT molecular complexity index is 545. The number of hydrogen-bond acceptors (Lipinski definition) is 3. The Kier molecular flexibility index (Phi) is 1.74. The Morgan fingerprint density at radius 2 is 2.14 bits per heavy atom. The van der Waals surface area contributed by atoms with Crippen LogP contribution in [0.25, 0.3) is 11.0 Å². The summed E-state index contributed by atoms with van der Waals surface area (Å²) in [7, 11) is 1.84. The molecule has 0 saturated carbocycles. The molecule has 0 unspecified atom stereocenters. The number of nitrogens with zero attached hydrogens (tertiary/aromatic N) is 4. The van der Waals surface area contributed by atoms with Crippen LogP contribution >= 0.6 is 0 Å². The molecule has 0 bridgehead atoms. The molecule has 4 nitrogen and oxygen atoms in total. The van der Waals surface area contributed by atoms with Crippen molar-refractivity contribution in [2.24, 2.45) is 7.05 Å². The van der Waals surface area contributed by atoms with Gasteiger partial charge in [-0.2, -0.15) is 10.4 Å². The molecule has 0 atom stereocenters. The predicted octanol–water partition coefficient (Wildman–Crippen LogP) is 1.46. The summed E-state index contributed by atoms with van der Waals surface area (Å²) in [5, 5.41) is 14.1. The lowest BCUT2D eigenvalue weighted by Crippen LogP contribution is -1.94. The summed E-state index contributed by atoms with van der Waals surface area (Å²) >= 11 is 0. The van der Waals surface area contributed by atoms with Gasteiger partial charge in [-0.1, -0.05) is 0 Å². The van der Waals surface area contributed by atoms with Crippen molar-refractivity contribution in [3.8, 4) is 6.07 Å². The zero-order valence-electron chi connectivity index (χ0n) is 8.37. The summed E-state index contributed by atoms with van der Waals surface area (Å²) in [6.07, 6.45) is 0. The average Bonchev–Trinajstić information content (AvgIpc) is 2.42. The van der Waals surface area contributed by atoms with Crippen molar-refractivity contribution in [2.45, 2.75) is 13.8 Å². The van der Waals surface area contributed by atoms with Crippen molar-refractivity contribution >= 4 is 11.0 Å². The van der Waals surface area contributed by atoms with Crippen LogP contribution in [0.2, 0.25) is 0 Å². The third-order valence-corrected chi connectivity index (χ3v) is 2.28. The minimum atomic E-state index is 0.443. The summed E-state index contributed by atoms with van der Waals surface area (Å²) < 4.78 is 1.71. The summed E-state index contributed by atoms with van der Waals surface area (Å²) in [6.45, 7) is 3.92. The van der Waals surface area contributed by atoms with Crippen LogP contribution in [0, 0.1) is 25.2 Å².